The molecule has 0 aliphatic carbocycles. The Balaban J connectivity index is 2.58. The van der Waals surface area contributed by atoms with Gasteiger partial charge < -0.3 is 15.4 Å². The van der Waals surface area contributed by atoms with E-state index in [1.165, 1.54) is 5.57 Å². The first-order valence-electron chi connectivity index (χ1n) is 6.06. The molecule has 2 N–H and O–H groups in total. The van der Waals surface area contributed by atoms with Gasteiger partial charge in [-0.1, -0.05) is 11.6 Å². The molecule has 0 bridgehead atoms. The Bertz CT molecular complexity index is 321. The fourth-order valence-electron chi connectivity index (χ4n) is 1.75. The number of rotatable bonds is 1. The predicted molar refractivity (Wildman–Crippen MR) is 68.8 cm³/mol. The van der Waals surface area contributed by atoms with E-state index in [0.29, 0.717) is 13.1 Å². The molecule has 0 aromatic rings. The van der Waals surface area contributed by atoms with E-state index in [4.69, 9.17) is 10.5 Å². The molecular weight excluding hydrogens is 216 g/mol. The summed E-state index contributed by atoms with van der Waals surface area (Å²) < 4.78 is 5.32. The zero-order valence-corrected chi connectivity index (χ0v) is 11.5. The second-order valence-corrected chi connectivity index (χ2v) is 6.13. The summed E-state index contributed by atoms with van der Waals surface area (Å²) in [7, 11) is 0. The van der Waals surface area contributed by atoms with E-state index in [1.54, 1.807) is 4.90 Å². The topological polar surface area (TPSA) is 55.6 Å². The lowest BCUT2D eigenvalue weighted by atomic mass is 9.90. The van der Waals surface area contributed by atoms with Gasteiger partial charge in [-0.3, -0.25) is 0 Å². The zero-order chi connectivity index (χ0) is 13.3. The Hall–Kier alpha value is -1.03. The normalized spacial score (nSPS) is 17.8. The second-order valence-electron chi connectivity index (χ2n) is 6.13. The number of carbonyl (C=O) groups excluding carboxylic acids is 1. The Labute approximate surface area is 104 Å². The third-order valence-electron chi connectivity index (χ3n) is 2.69. The molecule has 0 spiro atoms. The van der Waals surface area contributed by atoms with Crippen molar-refractivity contribution in [2.24, 2.45) is 5.73 Å². The van der Waals surface area contributed by atoms with Crippen LogP contribution in [-0.2, 0) is 4.74 Å². The van der Waals surface area contributed by atoms with Crippen molar-refractivity contribution in [3.05, 3.63) is 11.6 Å². The summed E-state index contributed by atoms with van der Waals surface area (Å²) in [6.07, 6.45) is 2.61. The highest BCUT2D eigenvalue weighted by atomic mass is 16.6. The Morgan fingerprint density at radius 2 is 1.94 bits per heavy atom. The van der Waals surface area contributed by atoms with Crippen LogP contribution in [0.25, 0.3) is 0 Å². The van der Waals surface area contributed by atoms with E-state index in [9.17, 15) is 4.79 Å². The van der Waals surface area contributed by atoms with Crippen LogP contribution in [0.3, 0.4) is 0 Å². The maximum absolute atomic E-state index is 11.8. The lowest BCUT2D eigenvalue weighted by Crippen LogP contribution is -2.43. The van der Waals surface area contributed by atoms with Gasteiger partial charge in [0.1, 0.15) is 5.60 Å². The Morgan fingerprint density at radius 1 is 1.35 bits per heavy atom. The standard InChI is InChI=1S/C13H24N2O2/c1-12(2,3)17-11(16)15-8-6-10(7-9-15)13(4,5)14/h6H,7-9,14H2,1-5H3. The number of nitrogens with zero attached hydrogens (tertiary/aromatic N) is 1. The van der Waals surface area contributed by atoms with Gasteiger partial charge in [-0.05, 0) is 41.0 Å². The van der Waals surface area contributed by atoms with E-state index < -0.39 is 5.60 Å². The maximum Gasteiger partial charge on any atom is 0.410 e. The molecule has 4 nitrogen and oxygen atoms in total. The highest BCUT2D eigenvalue weighted by molar-refractivity contribution is 5.68. The SMILES string of the molecule is CC(C)(C)OC(=O)N1CC=C(C(C)(C)N)CC1. The predicted octanol–water partition coefficient (Wildman–Crippen LogP) is 2.29. The lowest BCUT2D eigenvalue weighted by molar-refractivity contribution is 0.0263. The molecule has 1 rings (SSSR count). The number of hydrogen-bond donors (Lipinski definition) is 1. The van der Waals surface area contributed by atoms with Gasteiger partial charge in [0, 0.05) is 18.6 Å². The van der Waals surface area contributed by atoms with Crippen LogP contribution in [0, 0.1) is 0 Å². The first-order valence-corrected chi connectivity index (χ1v) is 6.06. The second kappa shape index (κ2) is 4.69. The number of ether oxygens (including phenoxy) is 1. The van der Waals surface area contributed by atoms with E-state index in [1.807, 2.05) is 40.7 Å². The van der Waals surface area contributed by atoms with Crippen LogP contribution >= 0.6 is 0 Å². The Kier molecular flexibility index (Phi) is 3.87. The van der Waals surface area contributed by atoms with Crippen LogP contribution in [-0.4, -0.2) is 35.2 Å². The van der Waals surface area contributed by atoms with Crippen molar-refractivity contribution in [2.75, 3.05) is 13.1 Å². The molecule has 0 radical (unpaired) electrons. The third-order valence-corrected chi connectivity index (χ3v) is 2.69. The molecular formula is C13H24N2O2. The number of carbonyl (C=O) groups is 1. The first-order chi connectivity index (χ1) is 7.59. The molecule has 17 heavy (non-hydrogen) atoms. The molecule has 0 saturated heterocycles. The van der Waals surface area contributed by atoms with Gasteiger partial charge >= 0.3 is 6.09 Å². The van der Waals surface area contributed by atoms with Gasteiger partial charge in [-0.15, -0.1) is 0 Å². The van der Waals surface area contributed by atoms with Crippen molar-refractivity contribution in [1.82, 2.24) is 4.90 Å². The summed E-state index contributed by atoms with van der Waals surface area (Å²) in [4.78, 5) is 13.5. The van der Waals surface area contributed by atoms with Crippen molar-refractivity contribution in [3.8, 4) is 0 Å². The summed E-state index contributed by atoms with van der Waals surface area (Å²) in [5.41, 5.74) is 6.51. The molecule has 1 aliphatic rings. The quantitative estimate of drug-likeness (QED) is 0.715. The van der Waals surface area contributed by atoms with Crippen molar-refractivity contribution in [1.29, 1.82) is 0 Å². The lowest BCUT2D eigenvalue weighted by Gasteiger charge is -2.33. The summed E-state index contributed by atoms with van der Waals surface area (Å²) >= 11 is 0. The highest BCUT2D eigenvalue weighted by Gasteiger charge is 2.26. The largest absolute Gasteiger partial charge is 0.444 e. The number of nitrogens with two attached hydrogens (primary N) is 1. The van der Waals surface area contributed by atoms with E-state index in [2.05, 4.69) is 0 Å². The van der Waals surface area contributed by atoms with E-state index in [0.717, 1.165) is 6.42 Å². The van der Waals surface area contributed by atoms with Gasteiger partial charge in [0.05, 0.1) is 0 Å². The van der Waals surface area contributed by atoms with Crippen LogP contribution in [0.2, 0.25) is 0 Å². The fourth-order valence-corrected chi connectivity index (χ4v) is 1.75. The molecule has 1 aliphatic heterocycles. The van der Waals surface area contributed by atoms with E-state index >= 15 is 0 Å². The van der Waals surface area contributed by atoms with Crippen LogP contribution in [0.4, 0.5) is 4.79 Å². The summed E-state index contributed by atoms with van der Waals surface area (Å²) in [6.45, 7) is 10.9. The number of hydrogen-bond acceptors (Lipinski definition) is 3. The minimum atomic E-state index is -0.436. The first kappa shape index (κ1) is 14.0. The summed E-state index contributed by atoms with van der Waals surface area (Å²) in [5.74, 6) is 0. The molecule has 1 amide bonds. The van der Waals surface area contributed by atoms with Crippen molar-refractivity contribution in [3.63, 3.8) is 0 Å². The molecule has 0 unspecified atom stereocenters. The Morgan fingerprint density at radius 3 is 2.29 bits per heavy atom. The third kappa shape index (κ3) is 4.38. The van der Waals surface area contributed by atoms with Gasteiger partial charge in [-0.25, -0.2) is 4.79 Å². The maximum atomic E-state index is 11.8. The average Bonchev–Trinajstić information content (AvgIpc) is 2.14. The van der Waals surface area contributed by atoms with Gasteiger partial charge in [0.25, 0.3) is 0 Å². The van der Waals surface area contributed by atoms with E-state index in [-0.39, 0.29) is 11.6 Å². The van der Waals surface area contributed by atoms with Crippen molar-refractivity contribution >= 4 is 6.09 Å². The zero-order valence-electron chi connectivity index (χ0n) is 11.5. The fraction of sp³-hybridized carbons (Fsp3) is 0.769. The molecule has 1 heterocycles. The van der Waals surface area contributed by atoms with Gasteiger partial charge in [0.2, 0.25) is 0 Å². The minimum absolute atomic E-state index is 0.248. The number of amides is 1. The van der Waals surface area contributed by atoms with Crippen molar-refractivity contribution < 1.29 is 9.53 Å². The monoisotopic (exact) mass is 240 g/mol. The van der Waals surface area contributed by atoms with Crippen LogP contribution in [0.1, 0.15) is 41.0 Å². The van der Waals surface area contributed by atoms with Crippen LogP contribution in [0.5, 0.6) is 0 Å². The van der Waals surface area contributed by atoms with Crippen LogP contribution < -0.4 is 5.73 Å². The van der Waals surface area contributed by atoms with Gasteiger partial charge in [-0.2, -0.15) is 0 Å². The molecule has 98 valence electrons. The molecule has 0 saturated carbocycles. The minimum Gasteiger partial charge on any atom is -0.444 e. The summed E-state index contributed by atoms with van der Waals surface area (Å²) in [5, 5.41) is 0. The molecule has 0 atom stereocenters. The molecule has 0 aromatic carbocycles. The highest BCUT2D eigenvalue weighted by Crippen LogP contribution is 2.21. The average molecular weight is 240 g/mol. The molecule has 0 aromatic heterocycles. The van der Waals surface area contributed by atoms with Crippen molar-refractivity contribution in [2.45, 2.75) is 52.2 Å². The van der Waals surface area contributed by atoms with Gasteiger partial charge in [0.15, 0.2) is 0 Å². The summed E-state index contributed by atoms with van der Waals surface area (Å²) in [6, 6.07) is 0. The molecule has 4 heteroatoms. The smallest absolute Gasteiger partial charge is 0.410 e. The van der Waals surface area contributed by atoms with Crippen LogP contribution in [0.15, 0.2) is 11.6 Å². The molecule has 0 fully saturated rings.